The number of para-hydroxylation sites is 2. The molecule has 0 spiro atoms. The number of carbonyl (C=O) groups is 1. The van der Waals surface area contributed by atoms with Gasteiger partial charge in [0.15, 0.2) is 0 Å². The van der Waals surface area contributed by atoms with E-state index in [0.29, 0.717) is 25.5 Å². The molecule has 2 heterocycles. The third-order valence-corrected chi connectivity index (χ3v) is 5.73. The van der Waals surface area contributed by atoms with E-state index < -0.39 is 0 Å². The number of ether oxygens (including phenoxy) is 2. The fourth-order valence-corrected chi connectivity index (χ4v) is 4.08. The minimum absolute atomic E-state index is 0.0559. The van der Waals surface area contributed by atoms with E-state index in [9.17, 15) is 4.79 Å². The number of aromatic nitrogens is 2. The van der Waals surface area contributed by atoms with E-state index in [2.05, 4.69) is 12.2 Å². The molecule has 0 saturated carbocycles. The summed E-state index contributed by atoms with van der Waals surface area (Å²) < 4.78 is 14.1. The van der Waals surface area contributed by atoms with Gasteiger partial charge in [0.2, 0.25) is 5.88 Å². The molecule has 2 aromatic carbocycles. The molecule has 0 bridgehead atoms. The van der Waals surface area contributed by atoms with E-state index >= 15 is 0 Å². The summed E-state index contributed by atoms with van der Waals surface area (Å²) in [6.07, 6.45) is 2.78. The quantitative estimate of drug-likeness (QED) is 0.504. The Balaban J connectivity index is 1.74. The highest BCUT2D eigenvalue weighted by Gasteiger charge is 2.27. The molecule has 174 valence electrons. The van der Waals surface area contributed by atoms with Gasteiger partial charge in [-0.15, -0.1) is 0 Å². The van der Waals surface area contributed by atoms with Gasteiger partial charge in [0.1, 0.15) is 5.75 Å². The van der Waals surface area contributed by atoms with E-state index in [4.69, 9.17) is 14.6 Å². The van der Waals surface area contributed by atoms with Crippen molar-refractivity contribution in [3.63, 3.8) is 0 Å². The van der Waals surface area contributed by atoms with Crippen molar-refractivity contribution >= 4 is 6.03 Å². The first kappa shape index (κ1) is 22.9. The Hall–Kier alpha value is -3.32. The van der Waals surface area contributed by atoms with Crippen molar-refractivity contribution in [2.24, 2.45) is 0 Å². The molecular weight excluding hydrogens is 416 g/mol. The van der Waals surface area contributed by atoms with Gasteiger partial charge in [-0.25, -0.2) is 9.48 Å². The first-order chi connectivity index (χ1) is 16.2. The van der Waals surface area contributed by atoms with Gasteiger partial charge in [0.25, 0.3) is 0 Å². The average molecular weight is 449 g/mol. The summed E-state index contributed by atoms with van der Waals surface area (Å²) in [4.78, 5) is 14.8. The number of hydrogen-bond donors (Lipinski definition) is 1. The molecule has 1 aromatic heterocycles. The molecule has 1 N–H and O–H groups in total. The Morgan fingerprint density at radius 3 is 2.52 bits per heavy atom. The summed E-state index contributed by atoms with van der Waals surface area (Å²) in [6, 6.07) is 19.5. The molecule has 1 saturated heterocycles. The van der Waals surface area contributed by atoms with Crippen molar-refractivity contribution in [1.82, 2.24) is 20.0 Å². The highest BCUT2D eigenvalue weighted by molar-refractivity contribution is 5.74. The van der Waals surface area contributed by atoms with Crippen LogP contribution in [-0.2, 0) is 17.7 Å². The number of rotatable bonds is 9. The molecule has 33 heavy (non-hydrogen) atoms. The molecule has 0 unspecified atom stereocenters. The lowest BCUT2D eigenvalue weighted by Crippen LogP contribution is -2.43. The van der Waals surface area contributed by atoms with Crippen molar-refractivity contribution in [2.45, 2.75) is 45.8 Å². The normalized spacial score (nSPS) is 15.4. The Labute approximate surface area is 195 Å². The first-order valence-electron chi connectivity index (χ1n) is 11.7. The monoisotopic (exact) mass is 448 g/mol. The Morgan fingerprint density at radius 1 is 1.15 bits per heavy atom. The van der Waals surface area contributed by atoms with Gasteiger partial charge in [-0.2, -0.15) is 5.10 Å². The number of amides is 2. The fourth-order valence-electron chi connectivity index (χ4n) is 4.08. The predicted octanol–water partition coefficient (Wildman–Crippen LogP) is 4.94. The number of carbonyl (C=O) groups excluding carboxylic acids is 1. The van der Waals surface area contributed by atoms with Crippen molar-refractivity contribution in [3.8, 4) is 17.3 Å². The zero-order valence-corrected chi connectivity index (χ0v) is 19.4. The molecule has 1 atom stereocenters. The van der Waals surface area contributed by atoms with Crippen molar-refractivity contribution in [3.05, 3.63) is 71.9 Å². The van der Waals surface area contributed by atoms with Crippen molar-refractivity contribution in [2.75, 3.05) is 19.7 Å². The topological polar surface area (TPSA) is 68.6 Å². The molecule has 1 fully saturated rings. The number of benzene rings is 2. The van der Waals surface area contributed by atoms with Gasteiger partial charge >= 0.3 is 6.03 Å². The molecule has 0 aliphatic carbocycles. The predicted molar refractivity (Wildman–Crippen MR) is 128 cm³/mol. The Morgan fingerprint density at radius 2 is 1.88 bits per heavy atom. The van der Waals surface area contributed by atoms with Gasteiger partial charge in [-0.1, -0.05) is 43.3 Å². The molecule has 3 aromatic rings. The highest BCUT2D eigenvalue weighted by Crippen LogP contribution is 2.32. The fraction of sp³-hybridized carbons (Fsp3) is 0.385. The maximum absolute atomic E-state index is 13.0. The summed E-state index contributed by atoms with van der Waals surface area (Å²) in [6.45, 7) is 6.25. The molecule has 2 amide bonds. The lowest BCUT2D eigenvalue weighted by Gasteiger charge is -2.26. The maximum Gasteiger partial charge on any atom is 0.317 e. The van der Waals surface area contributed by atoms with Crippen molar-refractivity contribution < 1.29 is 14.3 Å². The van der Waals surface area contributed by atoms with E-state index in [0.717, 1.165) is 48.6 Å². The lowest BCUT2D eigenvalue weighted by molar-refractivity contribution is 0.0793. The van der Waals surface area contributed by atoms with Crippen LogP contribution in [0.5, 0.6) is 11.6 Å². The second-order valence-corrected chi connectivity index (χ2v) is 8.10. The van der Waals surface area contributed by atoms with Crippen LogP contribution in [0.25, 0.3) is 5.69 Å². The van der Waals surface area contributed by atoms with Gasteiger partial charge < -0.3 is 19.7 Å². The van der Waals surface area contributed by atoms with Crippen LogP contribution in [0, 0.1) is 0 Å². The van der Waals surface area contributed by atoms with Crippen LogP contribution in [0.4, 0.5) is 4.79 Å². The van der Waals surface area contributed by atoms with Gasteiger partial charge in [-0.05, 0) is 50.5 Å². The SMILES string of the molecule is CCNC(=O)N(Cc1c(CC)nn(-c2ccccc2)c1Oc1ccccc1)C[C@H]1CCCO1. The lowest BCUT2D eigenvalue weighted by atomic mass is 10.1. The zero-order valence-electron chi connectivity index (χ0n) is 19.4. The van der Waals surface area contributed by atoms with Crippen LogP contribution in [0.1, 0.15) is 37.9 Å². The van der Waals surface area contributed by atoms with Crippen LogP contribution in [0.3, 0.4) is 0 Å². The summed E-state index contributed by atoms with van der Waals surface area (Å²) in [5.74, 6) is 1.35. The van der Waals surface area contributed by atoms with Crippen LogP contribution in [0.2, 0.25) is 0 Å². The van der Waals surface area contributed by atoms with Crippen LogP contribution in [0.15, 0.2) is 60.7 Å². The molecule has 1 aliphatic heterocycles. The van der Waals surface area contributed by atoms with E-state index in [1.807, 2.05) is 77.2 Å². The number of nitrogens with zero attached hydrogens (tertiary/aromatic N) is 3. The number of hydrogen-bond acceptors (Lipinski definition) is 4. The minimum atomic E-state index is -0.104. The first-order valence-corrected chi connectivity index (χ1v) is 11.7. The van der Waals surface area contributed by atoms with Crippen LogP contribution < -0.4 is 10.1 Å². The summed E-state index contributed by atoms with van der Waals surface area (Å²) >= 11 is 0. The Kier molecular flexibility index (Phi) is 7.62. The van der Waals surface area contributed by atoms with Gasteiger partial charge in [0.05, 0.1) is 29.6 Å². The molecule has 7 heteroatoms. The molecule has 0 radical (unpaired) electrons. The molecular formula is C26H32N4O3. The second-order valence-electron chi connectivity index (χ2n) is 8.10. The van der Waals surface area contributed by atoms with Crippen LogP contribution in [-0.4, -0.2) is 46.5 Å². The molecule has 4 rings (SSSR count). The standard InChI is InChI=1S/C26H32N4O3/c1-3-24-23(19-29(26(31)27-4-2)18-22-16-11-17-32-22)25(33-21-14-9-6-10-15-21)30(28-24)20-12-7-5-8-13-20/h5-10,12-15,22H,3-4,11,16-19H2,1-2H3,(H,27,31)/t22-/m1/s1. The van der Waals surface area contributed by atoms with Gasteiger partial charge in [-0.3, -0.25) is 0 Å². The highest BCUT2D eigenvalue weighted by atomic mass is 16.5. The van der Waals surface area contributed by atoms with E-state index in [1.165, 1.54) is 0 Å². The molecule has 1 aliphatic rings. The third-order valence-electron chi connectivity index (χ3n) is 5.73. The van der Waals surface area contributed by atoms with Crippen LogP contribution >= 0.6 is 0 Å². The maximum atomic E-state index is 13.0. The summed E-state index contributed by atoms with van der Waals surface area (Å²) in [5, 5.41) is 7.84. The van der Waals surface area contributed by atoms with Gasteiger partial charge in [0, 0.05) is 19.7 Å². The minimum Gasteiger partial charge on any atom is -0.439 e. The number of nitrogens with one attached hydrogen (secondary N) is 1. The third kappa shape index (κ3) is 5.54. The smallest absolute Gasteiger partial charge is 0.317 e. The largest absolute Gasteiger partial charge is 0.439 e. The second kappa shape index (κ2) is 11.0. The Bertz CT molecular complexity index is 1030. The number of urea groups is 1. The molecule has 7 nitrogen and oxygen atoms in total. The number of aryl methyl sites for hydroxylation is 1. The van der Waals surface area contributed by atoms with Crippen molar-refractivity contribution in [1.29, 1.82) is 0 Å². The van der Waals surface area contributed by atoms with E-state index in [1.54, 1.807) is 0 Å². The zero-order chi connectivity index (χ0) is 23.0. The summed E-state index contributed by atoms with van der Waals surface area (Å²) in [5.41, 5.74) is 2.73. The average Bonchev–Trinajstić information content (AvgIpc) is 3.48. The summed E-state index contributed by atoms with van der Waals surface area (Å²) in [7, 11) is 0. The van der Waals surface area contributed by atoms with E-state index in [-0.39, 0.29) is 12.1 Å².